The van der Waals surface area contributed by atoms with Gasteiger partial charge >= 0.3 is 6.09 Å². The Morgan fingerprint density at radius 1 is 1.14 bits per heavy atom. The number of anilines is 3. The Labute approximate surface area is 207 Å². The smallest absolute Gasteiger partial charge is 0.409 e. The van der Waals surface area contributed by atoms with Crippen molar-refractivity contribution in [3.05, 3.63) is 23.7 Å². The molecule has 3 fully saturated rings. The summed E-state index contributed by atoms with van der Waals surface area (Å²) in [4.78, 5) is 25.7. The van der Waals surface area contributed by atoms with Crippen molar-refractivity contribution in [3.8, 4) is 0 Å². The van der Waals surface area contributed by atoms with Gasteiger partial charge in [-0.15, -0.1) is 0 Å². The standard InChI is InChI=1S/C25H38N8O2/c1-18-22(17-33(30-18)20-8-13-31(2)14-9-20)28-24-27-16-21(19-6-7-19)23(29-24)26-10-5-12-32-11-3-4-15-35-25(32)34/h16-17,19-20H,3-15H2,1-2H3,(H2,26,27,28,29). The van der Waals surface area contributed by atoms with Crippen molar-refractivity contribution in [1.82, 2.24) is 29.5 Å². The minimum absolute atomic E-state index is 0.189. The van der Waals surface area contributed by atoms with Crippen LogP contribution >= 0.6 is 0 Å². The summed E-state index contributed by atoms with van der Waals surface area (Å²) in [7, 11) is 2.18. The number of cyclic esters (lactones) is 1. The van der Waals surface area contributed by atoms with Crippen molar-refractivity contribution in [2.24, 2.45) is 0 Å². The molecule has 1 saturated carbocycles. The molecule has 0 aromatic carbocycles. The maximum absolute atomic E-state index is 12.0. The number of nitrogens with zero attached hydrogens (tertiary/aromatic N) is 6. The Morgan fingerprint density at radius 2 is 1.97 bits per heavy atom. The van der Waals surface area contributed by atoms with Gasteiger partial charge in [-0.05, 0) is 77.9 Å². The van der Waals surface area contributed by atoms with Crippen LogP contribution in [0.4, 0.5) is 22.2 Å². The van der Waals surface area contributed by atoms with E-state index >= 15 is 0 Å². The SMILES string of the molecule is Cc1nn(C2CCN(C)CC2)cc1Nc1ncc(C2CC2)c(NCCCN2CCCCOC2=O)n1. The molecule has 0 radical (unpaired) electrons. The summed E-state index contributed by atoms with van der Waals surface area (Å²) >= 11 is 0. The Kier molecular flexibility index (Phi) is 7.36. The molecule has 5 rings (SSSR count). The molecule has 2 aromatic heterocycles. The topological polar surface area (TPSA) is 100 Å². The zero-order valence-corrected chi connectivity index (χ0v) is 21.0. The number of hydrogen-bond acceptors (Lipinski definition) is 8. The van der Waals surface area contributed by atoms with Crippen LogP contribution in [0.15, 0.2) is 12.4 Å². The first-order valence-electron chi connectivity index (χ1n) is 13.1. The van der Waals surface area contributed by atoms with Crippen molar-refractivity contribution in [2.45, 2.75) is 63.8 Å². The molecule has 35 heavy (non-hydrogen) atoms. The third-order valence-electron chi connectivity index (χ3n) is 7.26. The van der Waals surface area contributed by atoms with Gasteiger partial charge in [0.15, 0.2) is 0 Å². The molecule has 0 unspecified atom stereocenters. The van der Waals surface area contributed by atoms with E-state index in [1.165, 1.54) is 18.4 Å². The Bertz CT molecular complexity index is 1010. The number of carbonyl (C=O) groups is 1. The van der Waals surface area contributed by atoms with E-state index < -0.39 is 0 Å². The van der Waals surface area contributed by atoms with Gasteiger partial charge in [0.25, 0.3) is 0 Å². The molecule has 10 nitrogen and oxygen atoms in total. The maximum atomic E-state index is 12.0. The number of aromatic nitrogens is 4. The minimum atomic E-state index is -0.189. The molecule has 4 heterocycles. The van der Waals surface area contributed by atoms with Gasteiger partial charge in [-0.25, -0.2) is 9.78 Å². The molecule has 1 aliphatic carbocycles. The zero-order valence-electron chi connectivity index (χ0n) is 21.0. The van der Waals surface area contributed by atoms with Crippen LogP contribution in [-0.2, 0) is 4.74 Å². The molecule has 0 bridgehead atoms. The molecule has 0 spiro atoms. The predicted octanol–water partition coefficient (Wildman–Crippen LogP) is 3.90. The summed E-state index contributed by atoms with van der Waals surface area (Å²) in [5.74, 6) is 2.02. The average molecular weight is 483 g/mol. The molecule has 2 N–H and O–H groups in total. The van der Waals surface area contributed by atoms with Gasteiger partial charge in [0, 0.05) is 37.6 Å². The van der Waals surface area contributed by atoms with Gasteiger partial charge in [-0.2, -0.15) is 10.1 Å². The van der Waals surface area contributed by atoms with E-state index in [0.29, 0.717) is 31.1 Å². The van der Waals surface area contributed by atoms with Crippen LogP contribution in [0.5, 0.6) is 0 Å². The lowest BCUT2D eigenvalue weighted by Crippen LogP contribution is -2.32. The van der Waals surface area contributed by atoms with Gasteiger partial charge in [0.1, 0.15) is 5.82 Å². The Morgan fingerprint density at radius 3 is 2.77 bits per heavy atom. The first-order valence-corrected chi connectivity index (χ1v) is 13.1. The lowest BCUT2D eigenvalue weighted by molar-refractivity contribution is 0.116. The summed E-state index contributed by atoms with van der Waals surface area (Å²) < 4.78 is 7.35. The van der Waals surface area contributed by atoms with Crippen molar-refractivity contribution in [1.29, 1.82) is 0 Å². The molecular formula is C25H38N8O2. The molecule has 3 aliphatic rings. The number of carbonyl (C=O) groups excluding carboxylic acids is 1. The number of rotatable bonds is 9. The lowest BCUT2D eigenvalue weighted by atomic mass is 10.1. The number of piperidine rings is 1. The Hall–Kier alpha value is -2.88. The van der Waals surface area contributed by atoms with E-state index in [2.05, 4.69) is 38.4 Å². The number of aryl methyl sites for hydroxylation is 1. The monoisotopic (exact) mass is 482 g/mol. The average Bonchev–Trinajstić information content (AvgIpc) is 3.66. The maximum Gasteiger partial charge on any atom is 0.409 e. The molecule has 10 heteroatoms. The normalized spacial score (nSPS) is 19.9. The molecule has 2 aromatic rings. The number of ether oxygens (including phenoxy) is 1. The van der Waals surface area contributed by atoms with Gasteiger partial charge in [-0.1, -0.05) is 0 Å². The molecule has 0 atom stereocenters. The third kappa shape index (κ3) is 6.04. The molecular weight excluding hydrogens is 444 g/mol. The first-order chi connectivity index (χ1) is 17.1. The van der Waals surface area contributed by atoms with Crippen LogP contribution in [-0.4, -0.2) is 82.0 Å². The van der Waals surface area contributed by atoms with Crippen LogP contribution in [0.1, 0.15) is 68.2 Å². The van der Waals surface area contributed by atoms with E-state index in [4.69, 9.17) is 14.8 Å². The minimum Gasteiger partial charge on any atom is -0.449 e. The second-order valence-corrected chi connectivity index (χ2v) is 10.1. The van der Waals surface area contributed by atoms with Crippen molar-refractivity contribution >= 4 is 23.5 Å². The zero-order chi connectivity index (χ0) is 24.2. The number of likely N-dealkylation sites (tertiary alicyclic amines) is 1. The quantitative estimate of drug-likeness (QED) is 0.519. The highest BCUT2D eigenvalue weighted by Gasteiger charge is 2.28. The van der Waals surface area contributed by atoms with Crippen LogP contribution in [0.25, 0.3) is 0 Å². The molecule has 190 valence electrons. The van der Waals surface area contributed by atoms with Crippen LogP contribution in [0, 0.1) is 6.92 Å². The van der Waals surface area contributed by atoms with E-state index in [1.54, 1.807) is 0 Å². The van der Waals surface area contributed by atoms with Gasteiger partial charge in [0.05, 0.1) is 24.0 Å². The highest BCUT2D eigenvalue weighted by atomic mass is 16.6. The van der Waals surface area contributed by atoms with Crippen LogP contribution in [0.3, 0.4) is 0 Å². The molecule has 2 saturated heterocycles. The summed E-state index contributed by atoms with van der Waals surface area (Å²) in [6.07, 6.45) is 11.3. The second-order valence-electron chi connectivity index (χ2n) is 10.1. The Balaban J connectivity index is 1.21. The summed E-state index contributed by atoms with van der Waals surface area (Å²) in [6, 6.07) is 0.442. The van der Waals surface area contributed by atoms with E-state index in [9.17, 15) is 4.79 Å². The van der Waals surface area contributed by atoms with Crippen molar-refractivity contribution in [3.63, 3.8) is 0 Å². The summed E-state index contributed by atoms with van der Waals surface area (Å²) in [5.41, 5.74) is 3.09. The highest BCUT2D eigenvalue weighted by Crippen LogP contribution is 2.43. The van der Waals surface area contributed by atoms with Crippen LogP contribution in [0.2, 0.25) is 0 Å². The molecule has 2 aliphatic heterocycles. The first kappa shape index (κ1) is 23.8. The predicted molar refractivity (Wildman–Crippen MR) is 135 cm³/mol. The van der Waals surface area contributed by atoms with Gasteiger partial charge in [-0.3, -0.25) is 4.68 Å². The van der Waals surface area contributed by atoms with E-state index in [-0.39, 0.29) is 6.09 Å². The molecule has 1 amide bonds. The fraction of sp³-hybridized carbons (Fsp3) is 0.680. The van der Waals surface area contributed by atoms with Gasteiger partial charge in [0.2, 0.25) is 5.95 Å². The van der Waals surface area contributed by atoms with Crippen LogP contribution < -0.4 is 10.6 Å². The highest BCUT2D eigenvalue weighted by molar-refractivity contribution is 5.67. The fourth-order valence-corrected chi connectivity index (χ4v) is 4.88. The number of hydrogen-bond donors (Lipinski definition) is 2. The summed E-state index contributed by atoms with van der Waals surface area (Å²) in [5, 5.41) is 11.7. The van der Waals surface area contributed by atoms with E-state index in [0.717, 1.165) is 75.5 Å². The summed E-state index contributed by atoms with van der Waals surface area (Å²) in [6.45, 7) is 6.98. The number of nitrogens with one attached hydrogen (secondary N) is 2. The van der Waals surface area contributed by atoms with E-state index in [1.807, 2.05) is 18.0 Å². The fourth-order valence-electron chi connectivity index (χ4n) is 4.88. The van der Waals surface area contributed by atoms with Crippen molar-refractivity contribution in [2.75, 3.05) is 57.0 Å². The lowest BCUT2D eigenvalue weighted by Gasteiger charge is -2.28. The van der Waals surface area contributed by atoms with Gasteiger partial charge < -0.3 is 25.2 Å². The number of amides is 1. The third-order valence-corrected chi connectivity index (χ3v) is 7.26. The second kappa shape index (κ2) is 10.8. The van der Waals surface area contributed by atoms with Crippen molar-refractivity contribution < 1.29 is 9.53 Å². The largest absolute Gasteiger partial charge is 0.449 e.